The number of nitrogens with one attached hydrogen (secondary N) is 4. The number of aromatic nitrogens is 8. The van der Waals surface area contributed by atoms with Crippen molar-refractivity contribution in [3.63, 3.8) is 0 Å². The zero-order valence-electron chi connectivity index (χ0n) is 87.0. The Hall–Kier alpha value is -16.0. The van der Waals surface area contributed by atoms with Crippen LogP contribution in [0.4, 0.5) is 73.9 Å². The number of aromatic amines is 3. The molecule has 790 valence electrons. The molecule has 0 bridgehead atoms. The molecule has 149 heavy (non-hydrogen) atoms. The molecular weight excluding hydrogens is 1930 g/mol. The van der Waals surface area contributed by atoms with Crippen LogP contribution < -0.4 is 69.4 Å². The molecule has 1 aliphatic heterocycles. The fraction of sp³-hybridized carbons (Fsp3) is 0.296. The predicted molar refractivity (Wildman–Crippen MR) is 603 cm³/mol. The average Bonchev–Trinajstić information content (AvgIpc) is 1.64. The molecule has 0 aliphatic carbocycles. The SMILES string of the molecule is CC(=[NH2+])c1ccc(N)c([N+](=O)[O-])c1.CN(C)CCCc1ccc(N)c(N)c1.CN(C)CCCc1ccc([N+](=O)[O-])c(N)c1.CN(C)CCCc1ccc2nc(-c3ccc(N)c(N)c3)[nH]c2c1.CN(C)CCCc1ccc2nc(-c3ccc(N)c([N+](=O)[O-])c3)[nH]c2c1.CN(C)CCCc1ccc2nc(-c3ccc4c(c3)CC(c3ccccn3)=N4)[nH]c2c1.CN(C)CCN.COC(=N)c1ccccn1.Nc1cc(Cl)ccc1[N+](=O)[O-].[Cl-]. The van der Waals surface area contributed by atoms with Crippen molar-refractivity contribution in [1.29, 1.82) is 5.41 Å². The lowest BCUT2D eigenvalue weighted by atomic mass is 10.0. The standard InChI is InChI=1S/C25H25N5.C18H21N5O2.C18H23N5.C11H17N3O2.C11H19N3.C8H9N3O2.C7H8N2O.C6H5ClN2O2.C4H12N2.ClH/c1-30(2)13-5-6-17-8-10-22-23(14-17)29-25(28-22)18-9-11-20-19(15-18)16-24(27-20)21-7-3-4-12-26-21;1-22(2)9-3-4-12-5-8-15-16(10-12)21-18(20-15)13-6-7-14(19)17(11-13)23(24)25;1-23(2)9-3-4-12-5-8-16-17(10-12)22-18(21-16)13-6-7-14(19)15(20)11-13;1-13(2)7-3-4-9-5-6-11(14(15)16)10(12)8-9;1-14(2)7-3-4-9-5-6-10(12)11(13)8-9;1-5(9)6-2-3-7(10)8(4-6)11(12)13;1-10-7(8)6-4-2-3-5-9-6;7-4-1-2-6(9(10)11)5(8)3-4;1-6(2)4-3-5;/h3-4,7-12,14-15H,5-6,13,16H2,1-2H3,(H,28,29);5-8,10-11H,3-4,9,19H2,1-2H3,(H,20,21);5-8,10-11H,3-4,9,19-20H2,1-2H3,(H,21,22);5-6,8H,3-4,7,12H2,1-2H3;5-6,8H,3-4,7,12-13H2,1-2H3;2-4,9H,10H2,1H3;2-5,8H,1H3;1-3H,8H2;3-5H2,1-2H3;1H. The highest BCUT2D eigenvalue weighted by atomic mass is 35.5. The first-order valence-corrected chi connectivity index (χ1v) is 48.2. The van der Waals surface area contributed by atoms with E-state index in [-0.39, 0.29) is 63.8 Å². The molecule has 0 fully saturated rings. The molecule has 1 aliphatic rings. The number of imidazole rings is 3. The molecule has 0 amide bonds. The Morgan fingerprint density at radius 3 is 1.14 bits per heavy atom. The van der Waals surface area contributed by atoms with E-state index in [4.69, 9.17) is 84.0 Å². The van der Waals surface area contributed by atoms with Crippen LogP contribution in [-0.2, 0) is 43.3 Å². The first-order valence-electron chi connectivity index (χ1n) is 47.9. The van der Waals surface area contributed by atoms with Gasteiger partial charge in [-0.05, 0) is 367 Å². The summed E-state index contributed by atoms with van der Waals surface area (Å²) in [5.74, 6) is 2.42. The number of ether oxygens (including phenoxy) is 1. The summed E-state index contributed by atoms with van der Waals surface area (Å²) in [6.07, 6.45) is 14.9. The van der Waals surface area contributed by atoms with E-state index >= 15 is 0 Å². The monoisotopic (exact) mass is 2070 g/mol. The molecule has 0 saturated heterocycles. The lowest BCUT2D eigenvalue weighted by molar-refractivity contribution is -0.384. The van der Waals surface area contributed by atoms with Crippen LogP contribution in [0.2, 0.25) is 5.02 Å². The van der Waals surface area contributed by atoms with Gasteiger partial charge < -0.3 is 113 Å². The highest BCUT2D eigenvalue weighted by Gasteiger charge is 2.22. The summed E-state index contributed by atoms with van der Waals surface area (Å²) in [6.45, 7) is 8.76. The van der Waals surface area contributed by atoms with Crippen molar-refractivity contribution in [3.05, 3.63) is 327 Å². The van der Waals surface area contributed by atoms with Gasteiger partial charge in [-0.2, -0.15) is 0 Å². The van der Waals surface area contributed by atoms with Crippen LogP contribution in [0.25, 0.3) is 67.3 Å². The molecule has 16 rings (SSSR count). The number of nitro benzene ring substituents is 4. The number of nitrogens with zero attached hydrogens (tertiary/aromatic N) is 16. The number of nitrogen functional groups attached to an aromatic ring is 8. The van der Waals surface area contributed by atoms with Gasteiger partial charge in [0.2, 0.25) is 5.90 Å². The highest BCUT2D eigenvalue weighted by Crippen LogP contribution is 2.36. The van der Waals surface area contributed by atoms with Crippen molar-refractivity contribution in [2.45, 2.75) is 77.6 Å². The molecular formula is C108H140Cl2N30O9. The number of fused-ring (bicyclic) bond motifs is 4. The quantitative estimate of drug-likeness (QED) is 0.00612. The summed E-state index contributed by atoms with van der Waals surface area (Å²) in [4.78, 5) is 90.5. The maximum absolute atomic E-state index is 11.1. The molecule has 0 unspecified atom stereocenters. The molecule has 0 spiro atoms. The maximum Gasteiger partial charge on any atom is 0.292 e. The van der Waals surface area contributed by atoms with Gasteiger partial charge in [-0.15, -0.1) is 0 Å². The maximum atomic E-state index is 11.1. The molecule has 24 N–H and O–H groups in total. The lowest BCUT2D eigenvalue weighted by Crippen LogP contribution is -3.00. The van der Waals surface area contributed by atoms with Crippen molar-refractivity contribution in [2.24, 2.45) is 10.7 Å². The van der Waals surface area contributed by atoms with E-state index in [1.54, 1.807) is 49.5 Å². The van der Waals surface area contributed by atoms with Crippen LogP contribution in [0.1, 0.15) is 89.4 Å². The third-order valence-electron chi connectivity index (χ3n) is 22.8. The van der Waals surface area contributed by atoms with E-state index in [2.05, 4.69) is 192 Å². The Morgan fingerprint density at radius 2 is 0.765 bits per heavy atom. The molecule has 10 aromatic carbocycles. The third kappa shape index (κ3) is 39.7. The molecule has 41 heteroatoms. The topological polar surface area (TPSA) is 609 Å². The van der Waals surface area contributed by atoms with Gasteiger partial charge in [0.15, 0.2) is 5.71 Å². The number of rotatable bonds is 32. The number of aryl methyl sites for hydroxylation is 5. The number of nitro groups is 4. The number of aliphatic imine (C=N–C) groups is 1. The van der Waals surface area contributed by atoms with Crippen molar-refractivity contribution >= 4 is 136 Å². The van der Waals surface area contributed by atoms with Crippen LogP contribution >= 0.6 is 11.6 Å². The molecule has 15 aromatic rings. The second kappa shape index (κ2) is 60.2. The normalized spacial score (nSPS) is 11.0. The Bertz CT molecular complexity index is 6940. The number of pyridine rings is 2. The molecule has 0 radical (unpaired) electrons. The second-order valence-corrected chi connectivity index (χ2v) is 37.1. The predicted octanol–water partition coefficient (Wildman–Crippen LogP) is 13.1. The lowest BCUT2D eigenvalue weighted by Gasteiger charge is -2.09. The first-order chi connectivity index (χ1) is 70.4. The largest absolute Gasteiger partial charge is 1.00 e. The average molecular weight is 2070 g/mol. The van der Waals surface area contributed by atoms with E-state index < -0.39 is 19.7 Å². The van der Waals surface area contributed by atoms with E-state index in [1.807, 2.05) is 101 Å². The van der Waals surface area contributed by atoms with E-state index in [0.29, 0.717) is 56.1 Å². The van der Waals surface area contributed by atoms with E-state index in [1.165, 1.54) is 83.5 Å². The van der Waals surface area contributed by atoms with Crippen LogP contribution in [0.5, 0.6) is 0 Å². The van der Waals surface area contributed by atoms with Crippen LogP contribution in [-0.4, -0.2) is 244 Å². The van der Waals surface area contributed by atoms with Crippen molar-refractivity contribution in [3.8, 4) is 34.2 Å². The molecule has 0 atom stereocenters. The van der Waals surface area contributed by atoms with Gasteiger partial charge in [-0.25, -0.2) is 15.0 Å². The molecule has 0 saturated carbocycles. The Balaban J connectivity index is 0.000000234. The van der Waals surface area contributed by atoms with Crippen molar-refractivity contribution in [2.75, 3.05) is 183 Å². The second-order valence-electron chi connectivity index (χ2n) is 36.6. The van der Waals surface area contributed by atoms with Crippen LogP contribution in [0, 0.1) is 45.9 Å². The van der Waals surface area contributed by atoms with Gasteiger partial charge in [0, 0.05) is 90.4 Å². The minimum atomic E-state index is -0.550. The number of hydrogen-bond donors (Lipinski definition) is 14. The Kier molecular flexibility index (Phi) is 48.5. The van der Waals surface area contributed by atoms with E-state index in [0.717, 1.165) is 195 Å². The van der Waals surface area contributed by atoms with Crippen LogP contribution in [0.15, 0.2) is 236 Å². The fourth-order valence-electron chi connectivity index (χ4n) is 14.8. The number of likely N-dealkylation sites (N-methyl/N-ethyl adjacent to an activating group) is 1. The zero-order valence-corrected chi connectivity index (χ0v) is 88.5. The minimum absolute atomic E-state index is 0. The van der Waals surface area contributed by atoms with Gasteiger partial charge in [-0.3, -0.25) is 66.2 Å². The van der Waals surface area contributed by atoms with Gasteiger partial charge in [-0.1, -0.05) is 54.1 Å². The van der Waals surface area contributed by atoms with Gasteiger partial charge in [0.25, 0.3) is 22.7 Å². The fourth-order valence-corrected chi connectivity index (χ4v) is 15.0. The van der Waals surface area contributed by atoms with Gasteiger partial charge >= 0.3 is 0 Å². The molecule has 6 heterocycles. The number of anilines is 8. The number of nitrogens with two attached hydrogens (primary N) is 10. The summed E-state index contributed by atoms with van der Waals surface area (Å²) in [5.41, 5.74) is 73.7. The number of benzene rings is 10. The minimum Gasteiger partial charge on any atom is -1.00 e. The number of hydrogen-bond acceptors (Lipinski definition) is 31. The molecule has 39 nitrogen and oxygen atoms in total. The number of methoxy groups -OCH3 is 1. The van der Waals surface area contributed by atoms with Crippen molar-refractivity contribution in [1.82, 2.24) is 69.3 Å². The first kappa shape index (κ1) is 120. The Morgan fingerprint density at radius 1 is 0.403 bits per heavy atom. The zero-order chi connectivity index (χ0) is 108. The van der Waals surface area contributed by atoms with Crippen molar-refractivity contribution < 1.29 is 42.2 Å². The summed E-state index contributed by atoms with van der Waals surface area (Å²) in [7, 11) is 26.2. The highest BCUT2D eigenvalue weighted by molar-refractivity contribution is 6.31. The number of H-pyrrole nitrogens is 3. The summed E-state index contributed by atoms with van der Waals surface area (Å²) < 4.78 is 4.66. The van der Waals surface area contributed by atoms with E-state index in [9.17, 15) is 40.5 Å². The third-order valence-corrected chi connectivity index (χ3v) is 23.0. The summed E-state index contributed by atoms with van der Waals surface area (Å²) >= 11 is 5.52. The van der Waals surface area contributed by atoms with Gasteiger partial charge in [0.1, 0.15) is 45.9 Å². The van der Waals surface area contributed by atoms with Gasteiger partial charge in [0.05, 0.1) is 99.7 Å². The number of halogens is 2. The Labute approximate surface area is 880 Å². The smallest absolute Gasteiger partial charge is 0.292 e. The summed E-state index contributed by atoms with van der Waals surface area (Å²) in [6, 6.07) is 66.4. The molecule has 5 aromatic heterocycles. The van der Waals surface area contributed by atoms with Crippen LogP contribution in [0.3, 0.4) is 0 Å². The summed E-state index contributed by atoms with van der Waals surface area (Å²) in [5, 5.41) is 55.4.